The number of rotatable bonds is 6. The molecule has 0 aromatic carbocycles. The summed E-state index contributed by atoms with van der Waals surface area (Å²) in [6, 6.07) is 3.24. The van der Waals surface area contributed by atoms with E-state index in [0.717, 1.165) is 0 Å². The molecule has 0 aliphatic carbocycles. The smallest absolute Gasteiger partial charge is 0.255 e. The molecular weight excluding hydrogens is 256 g/mol. The van der Waals surface area contributed by atoms with Crippen LogP contribution in [0.15, 0.2) is 18.3 Å². The van der Waals surface area contributed by atoms with Crippen LogP contribution < -0.4 is 15.8 Å². The second-order valence-electron chi connectivity index (χ2n) is 3.55. The van der Waals surface area contributed by atoms with Crippen LogP contribution in [0, 0.1) is 0 Å². The van der Waals surface area contributed by atoms with E-state index in [0.29, 0.717) is 17.9 Å². The average Bonchev–Trinajstić information content (AvgIpc) is 2.28. The van der Waals surface area contributed by atoms with Crippen molar-refractivity contribution in [3.63, 3.8) is 0 Å². The maximum absolute atomic E-state index is 11.8. The third-order valence-electron chi connectivity index (χ3n) is 2.07. The highest BCUT2D eigenvalue weighted by Crippen LogP contribution is 2.10. The number of hydrogen-bond acceptors (Lipinski definition) is 5. The van der Waals surface area contributed by atoms with Gasteiger partial charge in [0.05, 0.1) is 11.3 Å². The molecule has 0 saturated heterocycles. The third kappa shape index (κ3) is 4.68. The number of sulfonamides is 1. The fourth-order valence-electron chi connectivity index (χ4n) is 1.30. The van der Waals surface area contributed by atoms with Gasteiger partial charge in [-0.2, -0.15) is 0 Å². The van der Waals surface area contributed by atoms with Crippen LogP contribution in [0.2, 0.25) is 0 Å². The quantitative estimate of drug-likeness (QED) is 0.648. The predicted molar refractivity (Wildman–Crippen MR) is 68.7 cm³/mol. The number of nitrogens with two attached hydrogens (primary N) is 1. The molecule has 0 aliphatic heterocycles. The molecule has 0 bridgehead atoms. The number of aromatic nitrogens is 1. The monoisotopic (exact) mass is 272 g/mol. The number of anilines is 1. The summed E-state index contributed by atoms with van der Waals surface area (Å²) in [5.74, 6) is -0.217. The zero-order chi connectivity index (χ0) is 13.6. The number of nitrogens with zero attached hydrogens (tertiary/aromatic N) is 1. The van der Waals surface area contributed by atoms with Crippen LogP contribution in [0.4, 0.5) is 5.82 Å². The van der Waals surface area contributed by atoms with Crippen LogP contribution in [-0.2, 0) is 10.0 Å². The summed E-state index contributed by atoms with van der Waals surface area (Å²) >= 11 is 0. The lowest BCUT2D eigenvalue weighted by molar-refractivity contribution is 0.0956. The van der Waals surface area contributed by atoms with E-state index >= 15 is 0 Å². The van der Waals surface area contributed by atoms with Gasteiger partial charge in [0, 0.05) is 19.3 Å². The highest BCUT2D eigenvalue weighted by Gasteiger charge is 2.12. The molecule has 0 spiro atoms. The van der Waals surface area contributed by atoms with E-state index in [9.17, 15) is 13.2 Å². The van der Waals surface area contributed by atoms with Crippen LogP contribution in [0.3, 0.4) is 0 Å². The molecule has 0 atom stereocenters. The Morgan fingerprint density at radius 3 is 2.83 bits per heavy atom. The summed E-state index contributed by atoms with van der Waals surface area (Å²) in [5.41, 5.74) is 0.369. The zero-order valence-corrected chi connectivity index (χ0v) is 10.8. The highest BCUT2D eigenvalue weighted by atomic mass is 32.2. The highest BCUT2D eigenvalue weighted by molar-refractivity contribution is 7.89. The van der Waals surface area contributed by atoms with Gasteiger partial charge >= 0.3 is 0 Å². The molecule has 18 heavy (non-hydrogen) atoms. The lowest BCUT2D eigenvalue weighted by Gasteiger charge is -2.09. The van der Waals surface area contributed by atoms with E-state index in [-0.39, 0.29) is 18.2 Å². The van der Waals surface area contributed by atoms with Gasteiger partial charge in [-0.3, -0.25) is 4.79 Å². The summed E-state index contributed by atoms with van der Waals surface area (Å²) in [4.78, 5) is 15.8. The van der Waals surface area contributed by atoms with Gasteiger partial charge in [0.1, 0.15) is 5.82 Å². The number of primary sulfonamides is 1. The Balaban J connectivity index is 2.66. The van der Waals surface area contributed by atoms with Crippen molar-refractivity contribution in [3.05, 3.63) is 23.9 Å². The van der Waals surface area contributed by atoms with E-state index < -0.39 is 10.0 Å². The summed E-state index contributed by atoms with van der Waals surface area (Å²) < 4.78 is 21.4. The van der Waals surface area contributed by atoms with E-state index in [2.05, 4.69) is 15.6 Å². The van der Waals surface area contributed by atoms with Crippen molar-refractivity contribution in [1.29, 1.82) is 0 Å². The molecule has 0 saturated carbocycles. The average molecular weight is 272 g/mol. The molecule has 1 rings (SSSR count). The number of pyridine rings is 1. The van der Waals surface area contributed by atoms with E-state index in [4.69, 9.17) is 5.14 Å². The first-order chi connectivity index (χ1) is 8.44. The Morgan fingerprint density at radius 2 is 2.22 bits per heavy atom. The minimum atomic E-state index is -3.57. The fraction of sp³-hybridized carbons (Fsp3) is 0.400. The first-order valence-corrected chi connectivity index (χ1v) is 7.13. The minimum Gasteiger partial charge on any atom is -0.370 e. The summed E-state index contributed by atoms with van der Waals surface area (Å²) in [5, 5.41) is 10.3. The van der Waals surface area contributed by atoms with Crippen molar-refractivity contribution in [2.45, 2.75) is 6.92 Å². The van der Waals surface area contributed by atoms with Gasteiger partial charge in [-0.1, -0.05) is 0 Å². The first kappa shape index (κ1) is 14.4. The Kier molecular flexibility index (Phi) is 5.05. The van der Waals surface area contributed by atoms with E-state index in [1.54, 1.807) is 18.3 Å². The third-order valence-corrected chi connectivity index (χ3v) is 2.84. The van der Waals surface area contributed by atoms with Crippen LogP contribution in [0.25, 0.3) is 0 Å². The van der Waals surface area contributed by atoms with Gasteiger partial charge in [-0.15, -0.1) is 0 Å². The van der Waals surface area contributed by atoms with Crippen molar-refractivity contribution in [2.75, 3.05) is 24.2 Å². The number of hydrogen-bond donors (Lipinski definition) is 3. The van der Waals surface area contributed by atoms with E-state index in [1.807, 2.05) is 6.92 Å². The maximum atomic E-state index is 11.8. The number of nitrogens with one attached hydrogen (secondary N) is 2. The van der Waals surface area contributed by atoms with Crippen molar-refractivity contribution < 1.29 is 13.2 Å². The Morgan fingerprint density at radius 1 is 1.50 bits per heavy atom. The van der Waals surface area contributed by atoms with Crippen LogP contribution >= 0.6 is 0 Å². The number of carbonyl (C=O) groups excluding carboxylic acids is 1. The molecule has 0 aliphatic rings. The Labute approximate surface area is 106 Å². The molecule has 0 unspecified atom stereocenters. The normalized spacial score (nSPS) is 11.0. The number of amides is 1. The second kappa shape index (κ2) is 6.31. The van der Waals surface area contributed by atoms with Crippen LogP contribution in [-0.4, -0.2) is 38.2 Å². The Hall–Kier alpha value is -1.67. The van der Waals surface area contributed by atoms with Crippen LogP contribution in [0.5, 0.6) is 0 Å². The zero-order valence-electron chi connectivity index (χ0n) is 10.0. The van der Waals surface area contributed by atoms with Crippen LogP contribution in [0.1, 0.15) is 17.3 Å². The molecule has 100 valence electrons. The SMILES string of the molecule is CCNc1ncccc1C(=O)NCCS(N)(=O)=O. The molecule has 1 aromatic heterocycles. The summed E-state index contributed by atoms with van der Waals surface area (Å²) in [6.45, 7) is 2.49. The molecular formula is C10H16N4O3S. The molecule has 1 heterocycles. The van der Waals surface area contributed by atoms with Crippen molar-refractivity contribution in [1.82, 2.24) is 10.3 Å². The fourth-order valence-corrected chi connectivity index (χ4v) is 1.69. The molecule has 8 heteroatoms. The van der Waals surface area contributed by atoms with Gasteiger partial charge in [-0.05, 0) is 19.1 Å². The summed E-state index contributed by atoms with van der Waals surface area (Å²) in [7, 11) is -3.57. The van der Waals surface area contributed by atoms with Gasteiger partial charge < -0.3 is 10.6 Å². The van der Waals surface area contributed by atoms with Crippen molar-refractivity contribution >= 4 is 21.7 Å². The van der Waals surface area contributed by atoms with Gasteiger partial charge in [-0.25, -0.2) is 18.5 Å². The molecule has 0 radical (unpaired) electrons. The van der Waals surface area contributed by atoms with E-state index in [1.165, 1.54) is 0 Å². The largest absolute Gasteiger partial charge is 0.370 e. The standard InChI is InChI=1S/C10H16N4O3S/c1-2-12-9-8(4-3-5-13-9)10(15)14-6-7-18(11,16)17/h3-5H,2,6-7H2,1H3,(H,12,13)(H,14,15)(H2,11,16,17). The molecule has 7 nitrogen and oxygen atoms in total. The molecule has 4 N–H and O–H groups in total. The Bertz CT molecular complexity index is 516. The lowest BCUT2D eigenvalue weighted by atomic mass is 10.2. The molecule has 1 aromatic rings. The van der Waals surface area contributed by atoms with Crippen molar-refractivity contribution in [2.24, 2.45) is 5.14 Å². The molecule has 0 fully saturated rings. The predicted octanol–water partition coefficient (Wildman–Crippen LogP) is -0.468. The second-order valence-corrected chi connectivity index (χ2v) is 5.29. The van der Waals surface area contributed by atoms with Gasteiger partial charge in [0.2, 0.25) is 10.0 Å². The topological polar surface area (TPSA) is 114 Å². The maximum Gasteiger partial charge on any atom is 0.255 e. The first-order valence-electron chi connectivity index (χ1n) is 5.41. The van der Waals surface area contributed by atoms with Gasteiger partial charge in [0.25, 0.3) is 5.91 Å². The number of carbonyl (C=O) groups is 1. The minimum absolute atomic E-state index is 0.0296. The summed E-state index contributed by atoms with van der Waals surface area (Å²) in [6.07, 6.45) is 1.57. The van der Waals surface area contributed by atoms with Crippen molar-refractivity contribution in [3.8, 4) is 0 Å². The van der Waals surface area contributed by atoms with Gasteiger partial charge in [0.15, 0.2) is 0 Å². The lowest BCUT2D eigenvalue weighted by Crippen LogP contribution is -2.32. The molecule has 1 amide bonds.